The van der Waals surface area contributed by atoms with E-state index in [0.29, 0.717) is 40.7 Å². The van der Waals surface area contributed by atoms with Gasteiger partial charge in [-0.05, 0) is 25.5 Å². The fourth-order valence-corrected chi connectivity index (χ4v) is 3.71. The number of nitrogens with zero attached hydrogens (tertiary/aromatic N) is 5. The molecule has 3 aromatic heterocycles. The third kappa shape index (κ3) is 4.00. The van der Waals surface area contributed by atoms with Crippen molar-refractivity contribution in [2.75, 3.05) is 5.32 Å². The summed E-state index contributed by atoms with van der Waals surface area (Å²) in [6.07, 6.45) is 4.02. The molecule has 11 heteroatoms. The maximum atomic E-state index is 14.2. The van der Waals surface area contributed by atoms with Crippen LogP contribution in [0.1, 0.15) is 31.4 Å². The summed E-state index contributed by atoms with van der Waals surface area (Å²) in [7, 11) is 0. The zero-order valence-electron chi connectivity index (χ0n) is 18.3. The van der Waals surface area contributed by atoms with Gasteiger partial charge in [0.25, 0.3) is 0 Å². The number of fused-ring (bicyclic) bond motifs is 1. The lowest BCUT2D eigenvalue weighted by atomic mass is 9.83. The molecule has 1 aromatic carbocycles. The summed E-state index contributed by atoms with van der Waals surface area (Å²) in [6.45, 7) is 4.03. The Balaban J connectivity index is 0.000000868. The van der Waals surface area contributed by atoms with Gasteiger partial charge < -0.3 is 9.84 Å². The monoisotopic (exact) mass is 462 g/mol. The predicted octanol–water partition coefficient (Wildman–Crippen LogP) is 3.22. The van der Waals surface area contributed by atoms with Crippen molar-refractivity contribution in [3.05, 3.63) is 65.8 Å². The number of carbonyl (C=O) groups is 1. The molecule has 0 aliphatic carbocycles. The van der Waals surface area contributed by atoms with Crippen LogP contribution in [0, 0.1) is 5.82 Å². The Hall–Kier alpha value is -4.50. The van der Waals surface area contributed by atoms with Gasteiger partial charge in [-0.3, -0.25) is 9.48 Å². The van der Waals surface area contributed by atoms with E-state index in [4.69, 9.17) is 14.1 Å². The third-order valence-electron chi connectivity index (χ3n) is 5.81. The molecule has 0 saturated heterocycles. The van der Waals surface area contributed by atoms with Crippen LogP contribution in [0.3, 0.4) is 0 Å². The molecule has 1 N–H and O–H groups in total. The quantitative estimate of drug-likeness (QED) is 0.478. The first-order valence-electron chi connectivity index (χ1n) is 10.3. The van der Waals surface area contributed by atoms with Gasteiger partial charge in [-0.2, -0.15) is 14.7 Å². The van der Waals surface area contributed by atoms with Gasteiger partial charge in [-0.1, -0.05) is 30.3 Å². The normalized spacial score (nSPS) is 16.3. The van der Waals surface area contributed by atoms with Crippen molar-refractivity contribution in [1.29, 1.82) is 0 Å². The van der Waals surface area contributed by atoms with E-state index in [1.54, 1.807) is 41.2 Å². The molecule has 1 atom stereocenters. The van der Waals surface area contributed by atoms with Crippen LogP contribution in [0.15, 0.2) is 53.4 Å². The van der Waals surface area contributed by atoms with E-state index < -0.39 is 5.41 Å². The van der Waals surface area contributed by atoms with Crippen LogP contribution in [-0.2, 0) is 26.3 Å². The fourth-order valence-electron chi connectivity index (χ4n) is 3.71. The van der Waals surface area contributed by atoms with E-state index in [9.17, 15) is 9.18 Å². The molecule has 172 valence electrons. The first-order valence-corrected chi connectivity index (χ1v) is 10.3. The Morgan fingerprint density at radius 3 is 2.65 bits per heavy atom. The summed E-state index contributed by atoms with van der Waals surface area (Å²) in [5, 5.41) is 11.4. The zero-order valence-corrected chi connectivity index (χ0v) is 18.3. The van der Waals surface area contributed by atoms with Crippen LogP contribution < -0.4 is 5.32 Å². The number of aromatic nitrogens is 5. The Bertz CT molecular complexity index is 1380. The van der Waals surface area contributed by atoms with Crippen molar-refractivity contribution >= 4 is 17.9 Å². The zero-order chi connectivity index (χ0) is 24.3. The summed E-state index contributed by atoms with van der Waals surface area (Å²) < 4.78 is 20.8. The van der Waals surface area contributed by atoms with Crippen molar-refractivity contribution in [3.63, 3.8) is 0 Å². The van der Waals surface area contributed by atoms with E-state index in [1.807, 2.05) is 13.8 Å². The molecule has 1 aliphatic heterocycles. The second-order valence-corrected chi connectivity index (χ2v) is 7.73. The number of nitrogens with one attached hydrogen (secondary N) is 1. The van der Waals surface area contributed by atoms with Gasteiger partial charge in [0.2, 0.25) is 5.91 Å². The first kappa shape index (κ1) is 22.7. The second kappa shape index (κ2) is 9.16. The van der Waals surface area contributed by atoms with Crippen LogP contribution in [0.5, 0.6) is 0 Å². The Morgan fingerprint density at radius 2 is 1.97 bits per heavy atom. The average molecular weight is 462 g/mol. The molecule has 0 fully saturated rings. The van der Waals surface area contributed by atoms with E-state index in [1.165, 1.54) is 12.3 Å². The number of halogens is 1. The number of anilines is 1. The van der Waals surface area contributed by atoms with Gasteiger partial charge in [-0.25, -0.2) is 14.4 Å². The Kier molecular flexibility index (Phi) is 6.11. The molecular weight excluding hydrogens is 443 g/mol. The fraction of sp³-hybridized carbons (Fsp3) is 0.217. The number of carbonyl (C=O) groups excluding carboxylic acids is 3. The van der Waals surface area contributed by atoms with Crippen LogP contribution in [0.4, 0.5) is 10.2 Å². The highest BCUT2D eigenvalue weighted by atomic mass is 19.1. The molecule has 1 unspecified atom stereocenters. The molecule has 5 rings (SSSR count). The number of hydrogen-bond donors (Lipinski definition) is 1. The van der Waals surface area contributed by atoms with Gasteiger partial charge >= 0.3 is 6.15 Å². The van der Waals surface area contributed by atoms with E-state index in [2.05, 4.69) is 25.5 Å². The maximum Gasteiger partial charge on any atom is 0.373 e. The lowest BCUT2D eigenvalue weighted by molar-refractivity contribution is -0.191. The molecular formula is C23H19FN6O4. The van der Waals surface area contributed by atoms with Crippen molar-refractivity contribution in [1.82, 2.24) is 24.9 Å². The number of hydrogen-bond acceptors (Lipinski definition) is 8. The number of rotatable bonds is 5. The maximum absolute atomic E-state index is 14.2. The Labute approximate surface area is 192 Å². The lowest BCUT2D eigenvalue weighted by Gasteiger charge is -2.18. The summed E-state index contributed by atoms with van der Waals surface area (Å²) in [5.41, 5.74) is 2.29. The number of benzene rings is 1. The first-order chi connectivity index (χ1) is 16.4. The predicted molar refractivity (Wildman–Crippen MR) is 116 cm³/mol. The topological polar surface area (TPSA) is 133 Å². The average Bonchev–Trinajstić information content (AvgIpc) is 3.55. The summed E-state index contributed by atoms with van der Waals surface area (Å²) in [6, 6.07) is 10.0. The van der Waals surface area contributed by atoms with Gasteiger partial charge in [0.1, 0.15) is 29.3 Å². The van der Waals surface area contributed by atoms with Crippen LogP contribution in [0.25, 0.3) is 22.9 Å². The second-order valence-electron chi connectivity index (χ2n) is 7.73. The standard InChI is InChI=1S/C22H19FN6O2.CO2/c1-3-22(2)14-11-24-20(25-19(14)26-21(22)30)17-10-18(16-8-9-31-28-16)29(27-17)12-13-6-4-5-7-15(13)23;2-1-3/h4-11H,3,12H2,1-2H3,(H,24,25,26,30);. The van der Waals surface area contributed by atoms with Crippen molar-refractivity contribution in [3.8, 4) is 22.9 Å². The minimum absolute atomic E-state index is 0.0928. The van der Waals surface area contributed by atoms with E-state index >= 15 is 0 Å². The van der Waals surface area contributed by atoms with Crippen molar-refractivity contribution in [2.24, 2.45) is 0 Å². The highest BCUT2D eigenvalue weighted by Crippen LogP contribution is 2.39. The van der Waals surface area contributed by atoms with Crippen LogP contribution in [-0.4, -0.2) is 37.0 Å². The molecule has 1 amide bonds. The van der Waals surface area contributed by atoms with Gasteiger partial charge in [0.15, 0.2) is 5.82 Å². The Morgan fingerprint density at radius 1 is 1.21 bits per heavy atom. The highest BCUT2D eigenvalue weighted by molar-refractivity contribution is 6.04. The molecule has 1 aliphatic rings. The smallest absolute Gasteiger partial charge is 0.364 e. The van der Waals surface area contributed by atoms with Gasteiger partial charge in [0.05, 0.1) is 17.7 Å². The minimum atomic E-state index is -0.649. The van der Waals surface area contributed by atoms with E-state index in [-0.39, 0.29) is 24.4 Å². The molecule has 0 radical (unpaired) electrons. The molecule has 4 heterocycles. The van der Waals surface area contributed by atoms with E-state index in [0.717, 1.165) is 5.56 Å². The molecule has 10 nitrogen and oxygen atoms in total. The lowest BCUT2D eigenvalue weighted by Crippen LogP contribution is -2.29. The summed E-state index contributed by atoms with van der Waals surface area (Å²) in [4.78, 5) is 37.7. The molecule has 4 aromatic rings. The molecule has 0 bridgehead atoms. The van der Waals surface area contributed by atoms with Gasteiger partial charge in [0, 0.05) is 23.4 Å². The molecule has 0 spiro atoms. The third-order valence-corrected chi connectivity index (χ3v) is 5.81. The van der Waals surface area contributed by atoms with Crippen molar-refractivity contribution < 1.29 is 23.3 Å². The van der Waals surface area contributed by atoms with Crippen molar-refractivity contribution in [2.45, 2.75) is 32.2 Å². The highest BCUT2D eigenvalue weighted by Gasteiger charge is 2.42. The molecule has 0 saturated carbocycles. The largest absolute Gasteiger partial charge is 0.373 e. The summed E-state index contributed by atoms with van der Waals surface area (Å²) >= 11 is 0. The molecule has 34 heavy (non-hydrogen) atoms. The van der Waals surface area contributed by atoms with Crippen LogP contribution >= 0.6 is 0 Å². The minimum Gasteiger partial charge on any atom is -0.364 e. The van der Waals surface area contributed by atoms with Gasteiger partial charge in [-0.15, -0.1) is 0 Å². The summed E-state index contributed by atoms with van der Waals surface area (Å²) in [5.74, 6) is 0.438. The SMILES string of the molecule is CCC1(C)C(=O)Nc2nc(-c3cc(-c4ccon4)n(Cc4ccccc4F)n3)ncc21.O=C=O. The number of amides is 1. The van der Waals surface area contributed by atoms with Crippen LogP contribution in [0.2, 0.25) is 0 Å².